The summed E-state index contributed by atoms with van der Waals surface area (Å²) in [5, 5.41) is 15.6. The first kappa shape index (κ1) is 16.0. The molecule has 0 aliphatic carbocycles. The van der Waals surface area contributed by atoms with E-state index in [4.69, 9.17) is 5.11 Å². The smallest absolute Gasteiger partial charge is 0.317 e. The van der Waals surface area contributed by atoms with Crippen LogP contribution in [0.4, 0.5) is 4.79 Å². The number of carboxylic acids is 1. The normalized spacial score (nSPS) is 11.2. The molecule has 0 saturated heterocycles. The summed E-state index contributed by atoms with van der Waals surface area (Å²) in [6, 6.07) is -0.232. The van der Waals surface area contributed by atoms with Crippen LogP contribution >= 0.6 is 0 Å². The molecule has 7 heteroatoms. The largest absolute Gasteiger partial charge is 0.481 e. The van der Waals surface area contributed by atoms with Crippen LogP contribution in [0.5, 0.6) is 0 Å². The molecular weight excluding hydrogens is 260 g/mol. The molecule has 1 rings (SSSR count). The molecule has 0 atom stereocenters. The Hall–Kier alpha value is -2.05. The van der Waals surface area contributed by atoms with Crippen LogP contribution in [0.15, 0.2) is 12.4 Å². The first-order valence-electron chi connectivity index (χ1n) is 6.42. The number of amides is 2. The van der Waals surface area contributed by atoms with Gasteiger partial charge in [0.1, 0.15) is 0 Å². The number of aryl methyl sites for hydroxylation is 1. The Morgan fingerprint density at radius 2 is 2.15 bits per heavy atom. The van der Waals surface area contributed by atoms with Gasteiger partial charge < -0.3 is 15.3 Å². The molecule has 20 heavy (non-hydrogen) atoms. The van der Waals surface area contributed by atoms with Gasteiger partial charge in [-0.2, -0.15) is 5.10 Å². The molecule has 0 bridgehead atoms. The van der Waals surface area contributed by atoms with Crippen molar-refractivity contribution < 1.29 is 14.7 Å². The SMILES string of the molecule is CN(Cc1cnn(C)c1)C(=O)NC(C)(C)CCC(=O)O. The number of carbonyl (C=O) groups is 2. The predicted molar refractivity (Wildman–Crippen MR) is 74.2 cm³/mol. The van der Waals surface area contributed by atoms with Crippen LogP contribution in [0, 0.1) is 0 Å². The molecule has 0 unspecified atom stereocenters. The van der Waals surface area contributed by atoms with Crippen LogP contribution in [-0.2, 0) is 18.4 Å². The van der Waals surface area contributed by atoms with Gasteiger partial charge in [-0.05, 0) is 20.3 Å². The highest BCUT2D eigenvalue weighted by molar-refractivity contribution is 5.75. The Morgan fingerprint density at radius 3 is 2.65 bits per heavy atom. The number of aliphatic carboxylic acids is 1. The van der Waals surface area contributed by atoms with Crippen molar-refractivity contribution in [1.29, 1.82) is 0 Å². The monoisotopic (exact) mass is 282 g/mol. The molecule has 1 aromatic heterocycles. The number of carboxylic acid groups (broad SMARTS) is 1. The van der Waals surface area contributed by atoms with Gasteiger partial charge in [0, 0.05) is 37.8 Å². The molecule has 2 amide bonds. The zero-order valence-corrected chi connectivity index (χ0v) is 12.4. The van der Waals surface area contributed by atoms with Crippen molar-refractivity contribution >= 4 is 12.0 Å². The van der Waals surface area contributed by atoms with Crippen molar-refractivity contribution in [1.82, 2.24) is 20.0 Å². The summed E-state index contributed by atoms with van der Waals surface area (Å²) in [4.78, 5) is 24.2. The predicted octanol–water partition coefficient (Wildman–Crippen LogP) is 1.20. The average Bonchev–Trinajstić information content (AvgIpc) is 2.71. The van der Waals surface area contributed by atoms with Crippen LogP contribution in [-0.4, -0.2) is 44.4 Å². The van der Waals surface area contributed by atoms with Crippen LogP contribution in [0.3, 0.4) is 0 Å². The summed E-state index contributed by atoms with van der Waals surface area (Å²) in [6.45, 7) is 4.08. The summed E-state index contributed by atoms with van der Waals surface area (Å²) >= 11 is 0. The van der Waals surface area contributed by atoms with Gasteiger partial charge in [-0.15, -0.1) is 0 Å². The maximum atomic E-state index is 12.1. The van der Waals surface area contributed by atoms with Gasteiger partial charge in [-0.3, -0.25) is 9.48 Å². The first-order valence-corrected chi connectivity index (χ1v) is 6.42. The Bertz CT molecular complexity index is 482. The average molecular weight is 282 g/mol. The lowest BCUT2D eigenvalue weighted by Gasteiger charge is -2.28. The fraction of sp³-hybridized carbons (Fsp3) is 0.615. The van der Waals surface area contributed by atoms with Crippen molar-refractivity contribution in [3.8, 4) is 0 Å². The van der Waals surface area contributed by atoms with Gasteiger partial charge in [0.2, 0.25) is 0 Å². The molecule has 1 heterocycles. The van der Waals surface area contributed by atoms with Crippen LogP contribution in [0.1, 0.15) is 32.3 Å². The summed E-state index contributed by atoms with van der Waals surface area (Å²) in [6.07, 6.45) is 3.97. The van der Waals surface area contributed by atoms with E-state index in [9.17, 15) is 9.59 Å². The maximum absolute atomic E-state index is 12.1. The van der Waals surface area contributed by atoms with Gasteiger partial charge in [0.15, 0.2) is 0 Å². The Balaban J connectivity index is 2.50. The van der Waals surface area contributed by atoms with Crippen molar-refractivity contribution in [3.05, 3.63) is 18.0 Å². The summed E-state index contributed by atoms with van der Waals surface area (Å²) in [5.41, 5.74) is 0.382. The first-order chi connectivity index (χ1) is 9.19. The number of carbonyl (C=O) groups excluding carboxylic acids is 1. The van der Waals surface area contributed by atoms with Gasteiger partial charge in [-0.25, -0.2) is 4.79 Å². The minimum atomic E-state index is -0.865. The zero-order chi connectivity index (χ0) is 15.3. The summed E-state index contributed by atoms with van der Waals surface area (Å²) in [5.74, 6) is -0.865. The van der Waals surface area contributed by atoms with Crippen LogP contribution < -0.4 is 5.32 Å². The number of hydrogen-bond donors (Lipinski definition) is 2. The van der Waals surface area contributed by atoms with Crippen molar-refractivity contribution in [2.24, 2.45) is 7.05 Å². The molecule has 0 fully saturated rings. The number of nitrogens with one attached hydrogen (secondary N) is 1. The minimum Gasteiger partial charge on any atom is -0.481 e. The highest BCUT2D eigenvalue weighted by Crippen LogP contribution is 2.12. The number of nitrogens with zero attached hydrogens (tertiary/aromatic N) is 3. The third-order valence-electron chi connectivity index (χ3n) is 2.93. The number of rotatable bonds is 6. The minimum absolute atomic E-state index is 0.0274. The third-order valence-corrected chi connectivity index (χ3v) is 2.93. The molecule has 0 radical (unpaired) electrons. The second-order valence-corrected chi connectivity index (χ2v) is 5.59. The topological polar surface area (TPSA) is 87.5 Å². The van der Waals surface area contributed by atoms with E-state index >= 15 is 0 Å². The van der Waals surface area contributed by atoms with Crippen LogP contribution in [0.25, 0.3) is 0 Å². The molecule has 0 aliphatic heterocycles. The van der Waals surface area contributed by atoms with E-state index in [-0.39, 0.29) is 12.5 Å². The van der Waals surface area contributed by atoms with Gasteiger partial charge in [0.05, 0.1) is 12.7 Å². The highest BCUT2D eigenvalue weighted by atomic mass is 16.4. The standard InChI is InChI=1S/C13H22N4O3/c1-13(2,6-5-11(18)19)15-12(20)16(3)8-10-7-14-17(4)9-10/h7,9H,5-6,8H2,1-4H3,(H,15,20)(H,18,19). The lowest BCUT2D eigenvalue weighted by Crippen LogP contribution is -2.48. The van der Waals surface area contributed by atoms with E-state index in [1.165, 1.54) is 0 Å². The van der Waals surface area contributed by atoms with E-state index in [0.29, 0.717) is 13.0 Å². The lowest BCUT2D eigenvalue weighted by atomic mass is 9.99. The molecular formula is C13H22N4O3. The quantitative estimate of drug-likeness (QED) is 0.821. The second-order valence-electron chi connectivity index (χ2n) is 5.59. The Kier molecular flexibility index (Phi) is 5.12. The molecule has 7 nitrogen and oxygen atoms in total. The van der Waals surface area contributed by atoms with Crippen molar-refractivity contribution in [2.75, 3.05) is 7.05 Å². The Morgan fingerprint density at radius 1 is 1.50 bits per heavy atom. The molecule has 1 aromatic rings. The van der Waals surface area contributed by atoms with Crippen molar-refractivity contribution in [3.63, 3.8) is 0 Å². The summed E-state index contributed by atoms with van der Waals surface area (Å²) < 4.78 is 1.68. The fourth-order valence-electron chi connectivity index (χ4n) is 1.77. The van der Waals surface area contributed by atoms with Crippen molar-refractivity contribution in [2.45, 2.75) is 38.8 Å². The van der Waals surface area contributed by atoms with E-state index < -0.39 is 11.5 Å². The fourth-order valence-corrected chi connectivity index (χ4v) is 1.77. The highest BCUT2D eigenvalue weighted by Gasteiger charge is 2.23. The molecule has 0 aliphatic rings. The summed E-state index contributed by atoms with van der Waals surface area (Å²) in [7, 11) is 3.51. The number of urea groups is 1. The maximum Gasteiger partial charge on any atom is 0.317 e. The second kappa shape index (κ2) is 6.40. The molecule has 0 saturated carbocycles. The third kappa shape index (κ3) is 5.29. The van der Waals surface area contributed by atoms with E-state index in [1.807, 2.05) is 27.1 Å². The number of aromatic nitrogens is 2. The molecule has 2 N–H and O–H groups in total. The van der Waals surface area contributed by atoms with Gasteiger partial charge >= 0.3 is 12.0 Å². The number of hydrogen-bond acceptors (Lipinski definition) is 3. The zero-order valence-electron chi connectivity index (χ0n) is 12.4. The molecule has 0 aromatic carbocycles. The van der Waals surface area contributed by atoms with E-state index in [0.717, 1.165) is 5.56 Å². The van der Waals surface area contributed by atoms with E-state index in [1.54, 1.807) is 22.8 Å². The van der Waals surface area contributed by atoms with Gasteiger partial charge in [0.25, 0.3) is 0 Å². The lowest BCUT2D eigenvalue weighted by molar-refractivity contribution is -0.137. The van der Waals surface area contributed by atoms with E-state index in [2.05, 4.69) is 10.4 Å². The van der Waals surface area contributed by atoms with Gasteiger partial charge in [-0.1, -0.05) is 0 Å². The van der Waals surface area contributed by atoms with Crippen LogP contribution in [0.2, 0.25) is 0 Å². The molecule has 112 valence electrons. The molecule has 0 spiro atoms. The Labute approximate surface area is 118 Å².